The molecule has 0 fully saturated rings. The van der Waals surface area contributed by atoms with E-state index in [0.717, 1.165) is 22.6 Å². The number of fused-ring (bicyclic) bond motifs is 1. The molecule has 3 aromatic rings. The van der Waals surface area contributed by atoms with Crippen LogP contribution in [0.3, 0.4) is 0 Å². The van der Waals surface area contributed by atoms with Crippen LogP contribution in [-0.2, 0) is 0 Å². The van der Waals surface area contributed by atoms with E-state index in [2.05, 4.69) is 4.98 Å². The molecule has 0 saturated carbocycles. The van der Waals surface area contributed by atoms with Gasteiger partial charge < -0.3 is 4.40 Å². The highest BCUT2D eigenvalue weighted by Gasteiger charge is 2.06. The molecule has 0 aliphatic carbocycles. The van der Waals surface area contributed by atoms with Gasteiger partial charge in [-0.25, -0.2) is 4.98 Å². The van der Waals surface area contributed by atoms with Crippen LogP contribution in [0.5, 0.6) is 0 Å². The Kier molecular flexibility index (Phi) is 3.47. The van der Waals surface area contributed by atoms with Crippen molar-refractivity contribution in [1.82, 2.24) is 9.38 Å². The van der Waals surface area contributed by atoms with Gasteiger partial charge >= 0.3 is 0 Å². The van der Waals surface area contributed by atoms with Crippen molar-refractivity contribution in [2.75, 3.05) is 0 Å². The fraction of sp³-hybridized carbons (Fsp3) is 0.118. The minimum Gasteiger partial charge on any atom is -0.304 e. The van der Waals surface area contributed by atoms with Crippen LogP contribution in [0.4, 0.5) is 5.69 Å². The summed E-state index contributed by atoms with van der Waals surface area (Å²) in [5, 5.41) is 10.6. The van der Waals surface area contributed by atoms with Gasteiger partial charge in [-0.3, -0.25) is 10.1 Å². The summed E-state index contributed by atoms with van der Waals surface area (Å²) in [6.07, 6.45) is 5.85. The van der Waals surface area contributed by atoms with E-state index in [-0.39, 0.29) is 5.69 Å². The zero-order valence-electron chi connectivity index (χ0n) is 12.4. The number of pyridine rings is 1. The average Bonchev–Trinajstić information content (AvgIpc) is 2.81. The largest absolute Gasteiger partial charge is 0.304 e. The molecule has 2 aromatic heterocycles. The van der Waals surface area contributed by atoms with E-state index < -0.39 is 4.92 Å². The number of imidazole rings is 1. The predicted octanol–water partition coefficient (Wildman–Crippen LogP) is 4.03. The molecule has 5 heteroatoms. The summed E-state index contributed by atoms with van der Waals surface area (Å²) in [5.74, 6) is 0. The molecule has 0 unspecified atom stereocenters. The van der Waals surface area contributed by atoms with Crippen LogP contribution in [-0.4, -0.2) is 14.3 Å². The van der Waals surface area contributed by atoms with E-state index in [0.29, 0.717) is 0 Å². The number of hydrogen-bond acceptors (Lipinski definition) is 3. The molecule has 0 N–H and O–H groups in total. The maximum absolute atomic E-state index is 10.6. The Balaban J connectivity index is 1.92. The Morgan fingerprint density at radius 1 is 1.14 bits per heavy atom. The summed E-state index contributed by atoms with van der Waals surface area (Å²) >= 11 is 0. The van der Waals surface area contributed by atoms with E-state index in [9.17, 15) is 10.1 Å². The van der Waals surface area contributed by atoms with Gasteiger partial charge in [0.25, 0.3) is 5.69 Å². The van der Waals surface area contributed by atoms with Gasteiger partial charge in [-0.2, -0.15) is 0 Å². The molecule has 0 aliphatic heterocycles. The molecule has 0 spiro atoms. The second kappa shape index (κ2) is 5.44. The van der Waals surface area contributed by atoms with E-state index in [1.807, 2.05) is 48.7 Å². The van der Waals surface area contributed by atoms with Gasteiger partial charge in [0.15, 0.2) is 0 Å². The third-order valence-electron chi connectivity index (χ3n) is 3.59. The Morgan fingerprint density at radius 3 is 2.55 bits per heavy atom. The summed E-state index contributed by atoms with van der Waals surface area (Å²) in [6.45, 7) is 4.06. The molecule has 0 amide bonds. The van der Waals surface area contributed by atoms with Crippen molar-refractivity contribution in [2.45, 2.75) is 13.8 Å². The normalized spacial score (nSPS) is 11.4. The summed E-state index contributed by atoms with van der Waals surface area (Å²) in [7, 11) is 0. The topological polar surface area (TPSA) is 60.4 Å². The molecule has 0 bridgehead atoms. The highest BCUT2D eigenvalue weighted by Crippen LogP contribution is 2.17. The number of nitro groups is 1. The summed E-state index contributed by atoms with van der Waals surface area (Å²) in [5.41, 5.74) is 5.04. The van der Waals surface area contributed by atoms with E-state index in [4.69, 9.17) is 0 Å². The predicted molar refractivity (Wildman–Crippen MR) is 86.7 cm³/mol. The smallest absolute Gasteiger partial charge is 0.269 e. The second-order valence-corrected chi connectivity index (χ2v) is 5.20. The zero-order valence-corrected chi connectivity index (χ0v) is 12.4. The zero-order chi connectivity index (χ0) is 15.7. The van der Waals surface area contributed by atoms with Crippen LogP contribution in [0.25, 0.3) is 17.8 Å². The van der Waals surface area contributed by atoms with Gasteiger partial charge in [-0.15, -0.1) is 0 Å². The molecule has 22 heavy (non-hydrogen) atoms. The highest BCUT2D eigenvalue weighted by molar-refractivity contribution is 5.71. The number of non-ortho nitro benzene ring substituents is 1. The van der Waals surface area contributed by atoms with Crippen LogP contribution in [0.15, 0.2) is 42.6 Å². The SMILES string of the molecule is Cc1ccn2c(C)c(/C=C/c3ccc([N+](=O)[O-])cc3)nc2c1. The summed E-state index contributed by atoms with van der Waals surface area (Å²) in [6, 6.07) is 10.5. The lowest BCUT2D eigenvalue weighted by molar-refractivity contribution is -0.384. The number of nitro benzene ring substituents is 1. The van der Waals surface area contributed by atoms with Crippen LogP contribution in [0, 0.1) is 24.0 Å². The number of aromatic nitrogens is 2. The summed E-state index contributed by atoms with van der Waals surface area (Å²) in [4.78, 5) is 14.8. The van der Waals surface area contributed by atoms with Gasteiger partial charge in [0, 0.05) is 24.0 Å². The van der Waals surface area contributed by atoms with Crippen molar-refractivity contribution in [2.24, 2.45) is 0 Å². The van der Waals surface area contributed by atoms with Gasteiger partial charge in [0.2, 0.25) is 0 Å². The molecule has 0 aliphatic rings. The first-order valence-electron chi connectivity index (χ1n) is 6.92. The van der Waals surface area contributed by atoms with Crippen LogP contribution in [0.1, 0.15) is 22.5 Å². The van der Waals surface area contributed by atoms with Gasteiger partial charge in [0.05, 0.1) is 10.6 Å². The average molecular weight is 293 g/mol. The molecule has 110 valence electrons. The number of aryl methyl sites for hydroxylation is 2. The first kappa shape index (κ1) is 14.0. The minimum atomic E-state index is -0.401. The van der Waals surface area contributed by atoms with Crippen molar-refractivity contribution in [3.63, 3.8) is 0 Å². The maximum Gasteiger partial charge on any atom is 0.269 e. The first-order chi connectivity index (χ1) is 10.5. The third kappa shape index (κ3) is 2.61. The fourth-order valence-electron chi connectivity index (χ4n) is 2.33. The Hall–Kier alpha value is -2.95. The first-order valence-corrected chi connectivity index (χ1v) is 6.92. The monoisotopic (exact) mass is 293 g/mol. The van der Waals surface area contributed by atoms with E-state index >= 15 is 0 Å². The summed E-state index contributed by atoms with van der Waals surface area (Å²) < 4.78 is 2.04. The van der Waals surface area contributed by atoms with E-state index in [1.165, 1.54) is 17.7 Å². The Labute approximate surface area is 127 Å². The molecular weight excluding hydrogens is 278 g/mol. The van der Waals surface area contributed by atoms with Gasteiger partial charge in [-0.05, 0) is 55.3 Å². The molecular formula is C17H15N3O2. The quantitative estimate of drug-likeness (QED) is 0.541. The van der Waals surface area contributed by atoms with Gasteiger partial charge in [-0.1, -0.05) is 6.08 Å². The molecule has 0 radical (unpaired) electrons. The lowest BCUT2D eigenvalue weighted by Crippen LogP contribution is -1.87. The van der Waals surface area contributed by atoms with Crippen LogP contribution >= 0.6 is 0 Å². The number of rotatable bonds is 3. The lowest BCUT2D eigenvalue weighted by Gasteiger charge is -1.97. The molecule has 1 aromatic carbocycles. The van der Waals surface area contributed by atoms with Crippen LogP contribution in [0.2, 0.25) is 0 Å². The molecule has 3 rings (SSSR count). The molecule has 0 atom stereocenters. The number of benzene rings is 1. The van der Waals surface area contributed by atoms with Crippen LogP contribution < -0.4 is 0 Å². The molecule has 5 nitrogen and oxygen atoms in total. The van der Waals surface area contributed by atoms with Crippen molar-refractivity contribution in [3.8, 4) is 0 Å². The van der Waals surface area contributed by atoms with Crippen molar-refractivity contribution < 1.29 is 4.92 Å². The minimum absolute atomic E-state index is 0.0940. The van der Waals surface area contributed by atoms with Crippen molar-refractivity contribution in [3.05, 3.63) is 75.2 Å². The highest BCUT2D eigenvalue weighted by atomic mass is 16.6. The van der Waals surface area contributed by atoms with Crippen molar-refractivity contribution in [1.29, 1.82) is 0 Å². The lowest BCUT2D eigenvalue weighted by atomic mass is 10.2. The second-order valence-electron chi connectivity index (χ2n) is 5.20. The molecule has 0 saturated heterocycles. The van der Waals surface area contributed by atoms with Gasteiger partial charge in [0.1, 0.15) is 5.65 Å². The van der Waals surface area contributed by atoms with Crippen molar-refractivity contribution >= 4 is 23.5 Å². The molecule has 2 heterocycles. The number of nitrogens with zero attached hydrogens (tertiary/aromatic N) is 3. The third-order valence-corrected chi connectivity index (χ3v) is 3.59. The standard InChI is InChI=1S/C17H15N3O2/c1-12-9-10-19-13(2)16(18-17(19)11-12)8-5-14-3-6-15(7-4-14)20(21)22/h3-11H,1-2H3/b8-5+. The maximum atomic E-state index is 10.6. The number of hydrogen-bond donors (Lipinski definition) is 0. The Morgan fingerprint density at radius 2 is 1.86 bits per heavy atom. The fourth-order valence-corrected chi connectivity index (χ4v) is 2.33. The Bertz CT molecular complexity index is 877. The van der Waals surface area contributed by atoms with E-state index in [1.54, 1.807) is 12.1 Å².